The van der Waals surface area contributed by atoms with Gasteiger partial charge in [-0.15, -0.1) is 0 Å². The lowest BCUT2D eigenvalue weighted by atomic mass is 9.73. The number of allylic oxidation sites excluding steroid dienone is 13. The highest BCUT2D eigenvalue weighted by atomic mass is 15.0. The van der Waals surface area contributed by atoms with Crippen molar-refractivity contribution in [3.63, 3.8) is 0 Å². The maximum atomic E-state index is 2.58. The molecule has 2 unspecified atom stereocenters. The smallest absolute Gasteiger partial charge is 0.0538 e. The van der Waals surface area contributed by atoms with Crippen LogP contribution < -0.4 is 0 Å². The summed E-state index contributed by atoms with van der Waals surface area (Å²) >= 11 is 0. The zero-order valence-corrected chi connectivity index (χ0v) is 26.1. The van der Waals surface area contributed by atoms with Crippen molar-refractivity contribution in [1.82, 2.24) is 4.57 Å². The molecule has 4 aliphatic carbocycles. The minimum absolute atomic E-state index is 0.363. The minimum atomic E-state index is 0.363. The van der Waals surface area contributed by atoms with Gasteiger partial charge in [0.1, 0.15) is 0 Å². The second-order valence-corrected chi connectivity index (χ2v) is 13.2. The van der Waals surface area contributed by atoms with Gasteiger partial charge in [-0.05, 0) is 92.1 Å². The van der Waals surface area contributed by atoms with Gasteiger partial charge in [0.2, 0.25) is 0 Å². The average Bonchev–Trinajstić information content (AvgIpc) is 3.48. The zero-order chi connectivity index (χ0) is 30.9. The summed E-state index contributed by atoms with van der Waals surface area (Å²) in [7, 11) is 0. The van der Waals surface area contributed by atoms with E-state index in [1.165, 1.54) is 82.8 Å². The summed E-state index contributed by atoms with van der Waals surface area (Å²) in [5, 5.41) is 6.50. The molecule has 0 saturated heterocycles. The van der Waals surface area contributed by atoms with Crippen molar-refractivity contribution < 1.29 is 0 Å². The largest absolute Gasteiger partial charge is 0.313 e. The number of hydrogen-bond donors (Lipinski definition) is 0. The fourth-order valence-electron chi connectivity index (χ4n) is 8.32. The molecular weight excluding hydrogens is 567 g/mol. The topological polar surface area (TPSA) is 4.93 Å². The standard InChI is InChI=1S/C46H33N/c1-3-11-37-32(9-1)21-22-33-23-24-34(27-42(33)37)30-17-19-31(20-18-30)35-25-26-45-43(28-35)41-15-7-8-16-44(41)47(45)46-29-36-10-2-4-12-38(36)39-13-5-6-14-40(39)46/h1-7,9-15,17-29,38-39H,8,16H2. The molecule has 0 aliphatic heterocycles. The van der Waals surface area contributed by atoms with Gasteiger partial charge in [-0.3, -0.25) is 0 Å². The Hall–Kier alpha value is -5.66. The molecule has 0 spiro atoms. The molecule has 1 aromatic heterocycles. The van der Waals surface area contributed by atoms with Crippen LogP contribution in [0.3, 0.4) is 0 Å². The van der Waals surface area contributed by atoms with E-state index < -0.39 is 0 Å². The molecule has 4 aliphatic rings. The molecular formula is C46H33N. The van der Waals surface area contributed by atoms with Crippen molar-refractivity contribution in [1.29, 1.82) is 0 Å². The highest BCUT2D eigenvalue weighted by Gasteiger charge is 2.32. The lowest BCUT2D eigenvalue weighted by molar-refractivity contribution is 0.613. The monoisotopic (exact) mass is 599 g/mol. The number of rotatable bonds is 3. The van der Waals surface area contributed by atoms with E-state index in [0.29, 0.717) is 11.8 Å². The molecule has 0 bridgehead atoms. The van der Waals surface area contributed by atoms with Gasteiger partial charge in [0.05, 0.1) is 5.52 Å². The van der Waals surface area contributed by atoms with Crippen LogP contribution in [0.25, 0.3) is 66.5 Å². The summed E-state index contributed by atoms with van der Waals surface area (Å²) < 4.78 is 2.58. The molecule has 10 rings (SSSR count). The first-order valence-corrected chi connectivity index (χ1v) is 16.8. The van der Waals surface area contributed by atoms with E-state index in [1.807, 2.05) is 0 Å². The summed E-state index contributed by atoms with van der Waals surface area (Å²) in [5.41, 5.74) is 13.2. The Bertz CT molecular complexity index is 2500. The Kier molecular flexibility index (Phi) is 5.90. The molecule has 47 heavy (non-hydrogen) atoms. The molecule has 0 radical (unpaired) electrons. The van der Waals surface area contributed by atoms with Gasteiger partial charge in [-0.2, -0.15) is 0 Å². The summed E-state index contributed by atoms with van der Waals surface area (Å²) in [4.78, 5) is 0. The lowest BCUT2D eigenvalue weighted by Crippen LogP contribution is -2.23. The zero-order valence-electron chi connectivity index (χ0n) is 26.1. The second kappa shape index (κ2) is 10.4. The van der Waals surface area contributed by atoms with Crippen LogP contribution in [0.5, 0.6) is 0 Å². The summed E-state index contributed by atoms with van der Waals surface area (Å²) in [6, 6.07) is 36.2. The first-order chi connectivity index (χ1) is 23.3. The van der Waals surface area contributed by atoms with Crippen molar-refractivity contribution in [3.05, 3.63) is 180 Å². The molecule has 1 nitrogen and oxygen atoms in total. The third kappa shape index (κ3) is 4.16. The number of fused-ring (bicyclic) bond motifs is 9. The molecule has 1 heterocycles. The van der Waals surface area contributed by atoms with Gasteiger partial charge < -0.3 is 4.57 Å². The number of hydrogen-bond acceptors (Lipinski definition) is 0. The van der Waals surface area contributed by atoms with E-state index >= 15 is 0 Å². The lowest BCUT2D eigenvalue weighted by Gasteiger charge is -2.34. The van der Waals surface area contributed by atoms with Crippen molar-refractivity contribution >= 4 is 44.2 Å². The van der Waals surface area contributed by atoms with Crippen molar-refractivity contribution in [2.24, 2.45) is 11.8 Å². The van der Waals surface area contributed by atoms with Crippen LogP contribution in [0.1, 0.15) is 17.7 Å². The van der Waals surface area contributed by atoms with E-state index in [-0.39, 0.29) is 0 Å². The SMILES string of the molecule is C1=CC2=CC(n3c4c(c5cc(-c6ccc(-c7ccc8ccc9ccccc9c8c7)cc6)ccc53)C=CCC4)=C3C=CC=CC3C2C=C1. The van der Waals surface area contributed by atoms with E-state index in [9.17, 15) is 0 Å². The van der Waals surface area contributed by atoms with Crippen molar-refractivity contribution in [2.75, 3.05) is 0 Å². The minimum Gasteiger partial charge on any atom is -0.313 e. The van der Waals surface area contributed by atoms with Crippen LogP contribution in [0.4, 0.5) is 0 Å². The fourth-order valence-corrected chi connectivity index (χ4v) is 8.32. The number of benzene rings is 5. The molecule has 0 N–H and O–H groups in total. The Morgan fingerprint density at radius 3 is 2.09 bits per heavy atom. The third-order valence-corrected chi connectivity index (χ3v) is 10.6. The van der Waals surface area contributed by atoms with Gasteiger partial charge in [0.25, 0.3) is 0 Å². The second-order valence-electron chi connectivity index (χ2n) is 13.2. The predicted molar refractivity (Wildman–Crippen MR) is 200 cm³/mol. The molecule has 5 aromatic carbocycles. The van der Waals surface area contributed by atoms with E-state index in [4.69, 9.17) is 0 Å². The highest BCUT2D eigenvalue weighted by molar-refractivity contribution is 6.08. The first-order valence-electron chi connectivity index (χ1n) is 16.8. The number of nitrogens with zero attached hydrogens (tertiary/aromatic N) is 1. The maximum absolute atomic E-state index is 2.58. The molecule has 0 saturated carbocycles. The summed E-state index contributed by atoms with van der Waals surface area (Å²) in [6.07, 6.45) is 27.4. The van der Waals surface area contributed by atoms with Crippen molar-refractivity contribution in [3.8, 4) is 22.3 Å². The van der Waals surface area contributed by atoms with Gasteiger partial charge in [-0.25, -0.2) is 0 Å². The maximum Gasteiger partial charge on any atom is 0.0538 e. The van der Waals surface area contributed by atoms with E-state index in [1.54, 1.807) is 0 Å². The molecule has 0 amide bonds. The Balaban J connectivity index is 1.07. The van der Waals surface area contributed by atoms with Gasteiger partial charge in [0.15, 0.2) is 0 Å². The van der Waals surface area contributed by atoms with Crippen LogP contribution in [0.15, 0.2) is 169 Å². The normalized spacial score (nSPS) is 19.4. The predicted octanol–water partition coefficient (Wildman–Crippen LogP) is 11.9. The van der Waals surface area contributed by atoms with Gasteiger partial charge in [0, 0.05) is 34.2 Å². The molecule has 0 fully saturated rings. The molecule has 222 valence electrons. The van der Waals surface area contributed by atoms with E-state index in [2.05, 4.69) is 168 Å². The Morgan fingerprint density at radius 2 is 1.23 bits per heavy atom. The van der Waals surface area contributed by atoms with Crippen LogP contribution in [-0.2, 0) is 6.42 Å². The Labute approximate surface area is 275 Å². The van der Waals surface area contributed by atoms with Gasteiger partial charge in [-0.1, -0.05) is 140 Å². The van der Waals surface area contributed by atoms with Crippen LogP contribution in [0, 0.1) is 11.8 Å². The average molecular weight is 600 g/mol. The third-order valence-electron chi connectivity index (χ3n) is 10.6. The molecule has 2 atom stereocenters. The van der Waals surface area contributed by atoms with Crippen molar-refractivity contribution in [2.45, 2.75) is 12.8 Å². The summed E-state index contributed by atoms with van der Waals surface area (Å²) in [5.74, 6) is 0.767. The Morgan fingerprint density at radius 1 is 0.553 bits per heavy atom. The van der Waals surface area contributed by atoms with Crippen LogP contribution in [-0.4, -0.2) is 4.57 Å². The first kappa shape index (κ1) is 26.5. The van der Waals surface area contributed by atoms with E-state index in [0.717, 1.165) is 12.8 Å². The van der Waals surface area contributed by atoms with Crippen LogP contribution in [0.2, 0.25) is 0 Å². The molecule has 6 aromatic rings. The van der Waals surface area contributed by atoms with Crippen LogP contribution >= 0.6 is 0 Å². The van der Waals surface area contributed by atoms with Gasteiger partial charge >= 0.3 is 0 Å². The quantitative estimate of drug-likeness (QED) is 0.178. The molecule has 1 heteroatoms. The fraction of sp³-hybridized carbons (Fsp3) is 0.0870. The number of aromatic nitrogens is 1. The highest BCUT2D eigenvalue weighted by Crippen LogP contribution is 2.45. The summed E-state index contributed by atoms with van der Waals surface area (Å²) in [6.45, 7) is 0.